The van der Waals surface area contributed by atoms with Gasteiger partial charge >= 0.3 is 12.0 Å². The smallest absolute Gasteiger partial charge is 0.338 e. The lowest BCUT2D eigenvalue weighted by molar-refractivity contribution is -0.139. The first-order valence-electron chi connectivity index (χ1n) is 10.4. The van der Waals surface area contributed by atoms with Gasteiger partial charge in [0.25, 0.3) is 0 Å². The van der Waals surface area contributed by atoms with Crippen molar-refractivity contribution in [3.8, 4) is 0 Å². The minimum absolute atomic E-state index is 0.279. The quantitative estimate of drug-likeness (QED) is 0.750. The topological polar surface area (TPSA) is 70.7 Å². The second-order valence-electron chi connectivity index (χ2n) is 7.78. The molecule has 0 saturated heterocycles. The molecule has 2 aliphatic rings. The van der Waals surface area contributed by atoms with Crippen LogP contribution in [-0.2, 0) is 22.5 Å². The average Bonchev–Trinajstić information content (AvgIpc) is 2.74. The van der Waals surface area contributed by atoms with Crippen molar-refractivity contribution < 1.29 is 14.3 Å². The highest BCUT2D eigenvalue weighted by molar-refractivity contribution is 5.95. The molecular weight excluding hydrogens is 378 g/mol. The maximum absolute atomic E-state index is 12.9. The summed E-state index contributed by atoms with van der Waals surface area (Å²) in [6.07, 6.45) is 0.950. The standard InChI is InChI=1S/C24H27N3O3/c1-3-30-23(28)21-20(15-27-13-12-17-6-4-5-7-19(17)14-27)25-24(29)26-22(21)18-10-8-16(2)9-11-18/h4-11,22H,3,12-15H2,1-2H3,(H2,25,26,29)/t22-/m0/s1. The van der Waals surface area contributed by atoms with Crippen LogP contribution >= 0.6 is 0 Å². The third kappa shape index (κ3) is 4.24. The van der Waals surface area contributed by atoms with Crippen molar-refractivity contribution in [2.45, 2.75) is 32.9 Å². The first-order chi connectivity index (χ1) is 14.5. The lowest BCUT2D eigenvalue weighted by Gasteiger charge is -2.34. The second kappa shape index (κ2) is 8.71. The molecular formula is C24H27N3O3. The zero-order valence-electron chi connectivity index (χ0n) is 17.4. The van der Waals surface area contributed by atoms with Gasteiger partial charge in [0.05, 0.1) is 18.2 Å². The third-order valence-electron chi connectivity index (χ3n) is 5.65. The van der Waals surface area contributed by atoms with E-state index in [0.717, 1.165) is 30.6 Å². The molecule has 1 atom stereocenters. The molecule has 2 aliphatic heterocycles. The summed E-state index contributed by atoms with van der Waals surface area (Å²) in [5.74, 6) is -0.400. The molecule has 0 unspecified atom stereocenters. The molecule has 2 aromatic carbocycles. The molecule has 30 heavy (non-hydrogen) atoms. The fourth-order valence-electron chi connectivity index (χ4n) is 4.11. The molecule has 6 heteroatoms. The van der Waals surface area contributed by atoms with E-state index < -0.39 is 12.0 Å². The Kier molecular flexibility index (Phi) is 5.86. The number of aryl methyl sites for hydroxylation is 1. The van der Waals surface area contributed by atoms with Crippen LogP contribution in [0.4, 0.5) is 4.79 Å². The highest BCUT2D eigenvalue weighted by atomic mass is 16.5. The second-order valence-corrected chi connectivity index (χ2v) is 7.78. The molecule has 6 nitrogen and oxygen atoms in total. The number of benzene rings is 2. The summed E-state index contributed by atoms with van der Waals surface area (Å²) in [7, 11) is 0. The van der Waals surface area contributed by atoms with E-state index in [4.69, 9.17) is 4.74 Å². The molecule has 2 heterocycles. The van der Waals surface area contributed by atoms with Gasteiger partial charge in [0.2, 0.25) is 0 Å². The summed E-state index contributed by atoms with van der Waals surface area (Å²) < 4.78 is 5.36. The average molecular weight is 405 g/mol. The predicted molar refractivity (Wildman–Crippen MR) is 115 cm³/mol. The number of hydrogen-bond acceptors (Lipinski definition) is 4. The van der Waals surface area contributed by atoms with Gasteiger partial charge in [0.15, 0.2) is 0 Å². The van der Waals surface area contributed by atoms with E-state index in [1.807, 2.05) is 37.3 Å². The predicted octanol–water partition coefficient (Wildman–Crippen LogP) is 3.22. The number of hydrogen-bond donors (Lipinski definition) is 2. The molecule has 156 valence electrons. The highest BCUT2D eigenvalue weighted by Gasteiger charge is 2.34. The van der Waals surface area contributed by atoms with Gasteiger partial charge < -0.3 is 15.4 Å². The number of amides is 2. The summed E-state index contributed by atoms with van der Waals surface area (Å²) >= 11 is 0. The van der Waals surface area contributed by atoms with Crippen LogP contribution < -0.4 is 10.6 Å². The number of fused-ring (bicyclic) bond motifs is 1. The monoisotopic (exact) mass is 405 g/mol. The lowest BCUT2D eigenvalue weighted by Crippen LogP contribution is -2.49. The van der Waals surface area contributed by atoms with E-state index in [0.29, 0.717) is 17.8 Å². The van der Waals surface area contributed by atoms with Crippen molar-refractivity contribution >= 4 is 12.0 Å². The Hall–Kier alpha value is -3.12. The SMILES string of the molecule is CCOC(=O)C1=C(CN2CCc3ccccc3C2)NC(=O)N[C@H]1c1ccc(C)cc1. The van der Waals surface area contributed by atoms with Crippen molar-refractivity contribution in [2.24, 2.45) is 0 Å². The molecule has 0 saturated carbocycles. The van der Waals surface area contributed by atoms with Crippen molar-refractivity contribution in [1.82, 2.24) is 15.5 Å². The summed E-state index contributed by atoms with van der Waals surface area (Å²) in [6, 6.07) is 15.4. The van der Waals surface area contributed by atoms with Crippen molar-refractivity contribution in [1.29, 1.82) is 0 Å². The van der Waals surface area contributed by atoms with E-state index in [1.165, 1.54) is 11.1 Å². The number of carbonyl (C=O) groups is 2. The Balaban J connectivity index is 1.67. The van der Waals surface area contributed by atoms with Gasteiger partial charge in [0.1, 0.15) is 0 Å². The minimum Gasteiger partial charge on any atom is -0.463 e. The van der Waals surface area contributed by atoms with E-state index in [9.17, 15) is 9.59 Å². The fraction of sp³-hybridized carbons (Fsp3) is 0.333. The van der Waals surface area contributed by atoms with Gasteiger partial charge in [-0.25, -0.2) is 9.59 Å². The molecule has 2 aromatic rings. The highest BCUT2D eigenvalue weighted by Crippen LogP contribution is 2.29. The number of ether oxygens (including phenoxy) is 1. The number of urea groups is 1. The zero-order chi connectivity index (χ0) is 21.1. The minimum atomic E-state index is -0.537. The van der Waals surface area contributed by atoms with Gasteiger partial charge in [-0.05, 0) is 37.0 Å². The van der Waals surface area contributed by atoms with Gasteiger partial charge in [-0.3, -0.25) is 4.90 Å². The maximum Gasteiger partial charge on any atom is 0.338 e. The number of nitrogens with one attached hydrogen (secondary N) is 2. The largest absolute Gasteiger partial charge is 0.463 e. The molecule has 0 radical (unpaired) electrons. The Morgan fingerprint density at radius 3 is 2.60 bits per heavy atom. The summed E-state index contributed by atoms with van der Waals surface area (Å²) in [4.78, 5) is 27.6. The Bertz CT molecular complexity index is 981. The molecule has 4 rings (SSSR count). The van der Waals surface area contributed by atoms with Crippen molar-refractivity contribution in [3.63, 3.8) is 0 Å². The zero-order valence-corrected chi connectivity index (χ0v) is 17.4. The molecule has 2 amide bonds. The van der Waals surface area contributed by atoms with Crippen LogP contribution in [0.5, 0.6) is 0 Å². The van der Waals surface area contributed by atoms with Crippen LogP contribution in [0.25, 0.3) is 0 Å². The number of esters is 1. The first kappa shape index (κ1) is 20.2. The fourth-order valence-corrected chi connectivity index (χ4v) is 4.11. The van der Waals surface area contributed by atoms with Crippen LogP contribution in [0.2, 0.25) is 0 Å². The number of carbonyl (C=O) groups excluding carboxylic acids is 2. The Labute approximate surface area is 176 Å². The van der Waals surface area contributed by atoms with Gasteiger partial charge in [0, 0.05) is 25.3 Å². The normalized spacial score (nSPS) is 19.0. The van der Waals surface area contributed by atoms with E-state index in [1.54, 1.807) is 6.92 Å². The van der Waals surface area contributed by atoms with Crippen LogP contribution in [0.1, 0.15) is 35.2 Å². The van der Waals surface area contributed by atoms with E-state index in [-0.39, 0.29) is 12.6 Å². The summed E-state index contributed by atoms with van der Waals surface area (Å²) in [5, 5.41) is 5.77. The molecule has 0 fully saturated rings. The number of rotatable bonds is 5. The van der Waals surface area contributed by atoms with Gasteiger partial charge in [-0.15, -0.1) is 0 Å². The van der Waals surface area contributed by atoms with Gasteiger partial charge in [-0.1, -0.05) is 54.1 Å². The maximum atomic E-state index is 12.9. The van der Waals surface area contributed by atoms with Crippen LogP contribution in [0.3, 0.4) is 0 Å². The molecule has 0 bridgehead atoms. The molecule has 0 spiro atoms. The van der Waals surface area contributed by atoms with E-state index >= 15 is 0 Å². The first-order valence-corrected chi connectivity index (χ1v) is 10.4. The Morgan fingerprint density at radius 2 is 1.87 bits per heavy atom. The van der Waals surface area contributed by atoms with Gasteiger partial charge in [-0.2, -0.15) is 0 Å². The lowest BCUT2D eigenvalue weighted by atomic mass is 9.93. The molecule has 2 N–H and O–H groups in total. The van der Waals surface area contributed by atoms with Crippen molar-refractivity contribution in [2.75, 3.05) is 19.7 Å². The third-order valence-corrected chi connectivity index (χ3v) is 5.65. The number of nitrogens with zero attached hydrogens (tertiary/aromatic N) is 1. The van der Waals surface area contributed by atoms with Crippen LogP contribution in [0, 0.1) is 6.92 Å². The van der Waals surface area contributed by atoms with E-state index in [2.05, 4.69) is 33.7 Å². The van der Waals surface area contributed by atoms with Crippen LogP contribution in [0.15, 0.2) is 59.8 Å². The summed E-state index contributed by atoms with van der Waals surface area (Å²) in [5.41, 5.74) is 5.71. The molecule has 0 aliphatic carbocycles. The molecule has 0 aromatic heterocycles. The summed E-state index contributed by atoms with van der Waals surface area (Å²) in [6.45, 7) is 6.21. The van der Waals surface area contributed by atoms with Crippen molar-refractivity contribution in [3.05, 3.63) is 82.1 Å². The van der Waals surface area contributed by atoms with Crippen LogP contribution in [-0.4, -0.2) is 36.6 Å². The Morgan fingerprint density at radius 1 is 1.13 bits per heavy atom.